The van der Waals surface area contributed by atoms with Crippen LogP contribution < -0.4 is 10.2 Å². The number of nitrogens with zero attached hydrogens (tertiary/aromatic N) is 2. The van der Waals surface area contributed by atoms with Gasteiger partial charge >= 0.3 is 0 Å². The van der Waals surface area contributed by atoms with Crippen LogP contribution in [0.3, 0.4) is 0 Å². The molecule has 0 bridgehead atoms. The van der Waals surface area contributed by atoms with Crippen LogP contribution in [0.5, 0.6) is 0 Å². The van der Waals surface area contributed by atoms with Crippen LogP contribution in [0.4, 0.5) is 11.5 Å². The highest BCUT2D eigenvalue weighted by molar-refractivity contribution is 6.31. The molecule has 2 amide bonds. The van der Waals surface area contributed by atoms with E-state index in [9.17, 15) is 9.59 Å². The maximum absolute atomic E-state index is 12.0. The molecule has 122 valence electrons. The minimum absolute atomic E-state index is 0.136. The summed E-state index contributed by atoms with van der Waals surface area (Å²) in [5, 5.41) is 6.86. The number of nitrogens with one attached hydrogen (secondary N) is 1. The van der Waals surface area contributed by atoms with Gasteiger partial charge in [0.1, 0.15) is 5.76 Å². The van der Waals surface area contributed by atoms with Crippen LogP contribution in [0.15, 0.2) is 28.8 Å². The fourth-order valence-electron chi connectivity index (χ4n) is 2.16. The Bertz CT molecular complexity index is 727. The molecule has 0 unspecified atom stereocenters. The first-order valence-electron chi connectivity index (χ1n) is 7.14. The Morgan fingerprint density at radius 3 is 2.65 bits per heavy atom. The van der Waals surface area contributed by atoms with Crippen molar-refractivity contribution in [3.05, 3.63) is 40.6 Å². The van der Waals surface area contributed by atoms with Gasteiger partial charge in [0.15, 0.2) is 5.82 Å². The van der Waals surface area contributed by atoms with E-state index < -0.39 is 0 Å². The first-order valence-corrected chi connectivity index (χ1v) is 7.52. The van der Waals surface area contributed by atoms with E-state index in [-0.39, 0.29) is 24.8 Å². The van der Waals surface area contributed by atoms with E-state index >= 15 is 0 Å². The number of hydrogen-bond donors (Lipinski definition) is 1. The molecule has 0 saturated heterocycles. The maximum Gasteiger partial charge on any atom is 0.227 e. The highest BCUT2D eigenvalue weighted by atomic mass is 35.5. The Morgan fingerprint density at radius 1 is 1.30 bits per heavy atom. The number of rotatable bonds is 5. The Labute approximate surface area is 139 Å². The molecule has 0 radical (unpaired) electrons. The van der Waals surface area contributed by atoms with Gasteiger partial charge in [0.25, 0.3) is 0 Å². The third-order valence-corrected chi connectivity index (χ3v) is 3.54. The number of aromatic nitrogens is 1. The van der Waals surface area contributed by atoms with Crippen molar-refractivity contribution in [3.63, 3.8) is 0 Å². The number of carbonyl (C=O) groups excluding carboxylic acids is 2. The minimum atomic E-state index is -0.246. The number of carbonyl (C=O) groups is 2. The van der Waals surface area contributed by atoms with Gasteiger partial charge in [-0.15, -0.1) is 0 Å². The average molecular weight is 336 g/mol. The van der Waals surface area contributed by atoms with Crippen molar-refractivity contribution in [2.75, 3.05) is 16.8 Å². The van der Waals surface area contributed by atoms with Crippen molar-refractivity contribution >= 4 is 34.9 Å². The van der Waals surface area contributed by atoms with E-state index in [2.05, 4.69) is 10.5 Å². The predicted molar refractivity (Wildman–Crippen MR) is 88.7 cm³/mol. The quantitative estimate of drug-likeness (QED) is 0.909. The molecule has 1 aromatic carbocycles. The summed E-state index contributed by atoms with van der Waals surface area (Å²) in [5.41, 5.74) is 1.62. The van der Waals surface area contributed by atoms with Gasteiger partial charge in [0, 0.05) is 36.7 Å². The van der Waals surface area contributed by atoms with Crippen molar-refractivity contribution in [1.29, 1.82) is 0 Å². The molecule has 1 N–H and O–H groups in total. The van der Waals surface area contributed by atoms with Crippen molar-refractivity contribution in [3.8, 4) is 0 Å². The van der Waals surface area contributed by atoms with Crippen molar-refractivity contribution in [2.45, 2.75) is 27.2 Å². The summed E-state index contributed by atoms with van der Waals surface area (Å²) in [6.45, 7) is 5.33. The van der Waals surface area contributed by atoms with Crippen LogP contribution in [0.2, 0.25) is 5.02 Å². The second-order valence-corrected chi connectivity index (χ2v) is 5.66. The zero-order valence-electron chi connectivity index (χ0n) is 13.2. The van der Waals surface area contributed by atoms with Gasteiger partial charge in [-0.3, -0.25) is 9.59 Å². The van der Waals surface area contributed by atoms with Gasteiger partial charge in [-0.2, -0.15) is 0 Å². The van der Waals surface area contributed by atoms with Crippen molar-refractivity contribution < 1.29 is 14.1 Å². The third-order valence-electron chi connectivity index (χ3n) is 3.30. The third kappa shape index (κ3) is 4.56. The second-order valence-electron chi connectivity index (χ2n) is 5.22. The molecule has 2 rings (SSSR count). The summed E-state index contributed by atoms with van der Waals surface area (Å²) >= 11 is 6.00. The van der Waals surface area contributed by atoms with Gasteiger partial charge in [-0.25, -0.2) is 0 Å². The average Bonchev–Trinajstić information content (AvgIpc) is 2.87. The van der Waals surface area contributed by atoms with Crippen LogP contribution in [-0.4, -0.2) is 23.5 Å². The predicted octanol–water partition coefficient (Wildman–Crippen LogP) is 3.33. The number of anilines is 2. The molecule has 7 heteroatoms. The molecule has 1 heterocycles. The topological polar surface area (TPSA) is 75.4 Å². The van der Waals surface area contributed by atoms with Crippen LogP contribution in [0, 0.1) is 13.8 Å². The van der Waals surface area contributed by atoms with Crippen LogP contribution in [0.25, 0.3) is 0 Å². The number of aryl methyl sites for hydroxylation is 2. The molecule has 6 nitrogen and oxygen atoms in total. The maximum atomic E-state index is 12.0. The molecular weight excluding hydrogens is 318 g/mol. The normalized spacial score (nSPS) is 10.4. The molecule has 23 heavy (non-hydrogen) atoms. The van der Waals surface area contributed by atoms with E-state index in [4.69, 9.17) is 16.1 Å². The van der Waals surface area contributed by atoms with Gasteiger partial charge in [0.05, 0.1) is 0 Å². The fraction of sp³-hybridized carbons (Fsp3) is 0.312. The SMILES string of the molecule is CC(=O)N(CCC(=O)Nc1cc(C)on1)c1cc(Cl)ccc1C. The van der Waals surface area contributed by atoms with E-state index in [1.165, 1.54) is 11.8 Å². The largest absolute Gasteiger partial charge is 0.360 e. The lowest BCUT2D eigenvalue weighted by Crippen LogP contribution is -2.32. The van der Waals surface area contributed by atoms with Crippen LogP contribution >= 0.6 is 11.6 Å². The van der Waals surface area contributed by atoms with Crippen molar-refractivity contribution in [2.24, 2.45) is 0 Å². The molecule has 1 aromatic heterocycles. The van der Waals surface area contributed by atoms with Gasteiger partial charge < -0.3 is 14.7 Å². The van der Waals surface area contributed by atoms with E-state index in [0.29, 0.717) is 22.3 Å². The smallest absolute Gasteiger partial charge is 0.227 e. The zero-order valence-corrected chi connectivity index (χ0v) is 14.0. The summed E-state index contributed by atoms with van der Waals surface area (Å²) in [5.74, 6) is 0.575. The molecule has 0 aliphatic carbocycles. The molecular formula is C16H18ClN3O3. The van der Waals surface area contributed by atoms with E-state index in [0.717, 1.165) is 5.56 Å². The molecule has 0 fully saturated rings. The standard InChI is InChI=1S/C16H18ClN3O3/c1-10-4-5-13(17)9-14(10)20(12(3)21)7-6-16(22)18-15-8-11(2)23-19-15/h4-5,8-9H,6-7H2,1-3H3,(H,18,19,22). The highest BCUT2D eigenvalue weighted by Gasteiger charge is 2.16. The Morgan fingerprint density at radius 2 is 2.04 bits per heavy atom. The molecule has 0 atom stereocenters. The molecule has 0 aliphatic rings. The molecule has 2 aromatic rings. The Hall–Kier alpha value is -2.34. The summed E-state index contributed by atoms with van der Waals surface area (Å²) in [7, 11) is 0. The summed E-state index contributed by atoms with van der Waals surface area (Å²) < 4.78 is 4.88. The zero-order chi connectivity index (χ0) is 17.0. The highest BCUT2D eigenvalue weighted by Crippen LogP contribution is 2.24. The van der Waals surface area contributed by atoms with Crippen LogP contribution in [0.1, 0.15) is 24.7 Å². The second kappa shape index (κ2) is 7.28. The van der Waals surface area contributed by atoms with Crippen LogP contribution in [-0.2, 0) is 9.59 Å². The Kier molecular flexibility index (Phi) is 5.39. The van der Waals surface area contributed by atoms with Gasteiger partial charge in [-0.05, 0) is 31.5 Å². The monoisotopic (exact) mass is 335 g/mol. The van der Waals surface area contributed by atoms with Gasteiger partial charge in [0.2, 0.25) is 11.8 Å². The first-order chi connectivity index (χ1) is 10.9. The molecule has 0 saturated carbocycles. The number of amides is 2. The molecule has 0 aliphatic heterocycles. The molecule has 0 spiro atoms. The minimum Gasteiger partial charge on any atom is -0.360 e. The summed E-state index contributed by atoms with van der Waals surface area (Å²) in [6.07, 6.45) is 0.136. The number of halogens is 1. The lowest BCUT2D eigenvalue weighted by molar-refractivity contribution is -0.117. The van der Waals surface area contributed by atoms with E-state index in [1.807, 2.05) is 13.0 Å². The first kappa shape index (κ1) is 17.0. The lowest BCUT2D eigenvalue weighted by Gasteiger charge is -2.23. The lowest BCUT2D eigenvalue weighted by atomic mass is 10.1. The van der Waals surface area contributed by atoms with Gasteiger partial charge in [-0.1, -0.05) is 22.8 Å². The summed E-state index contributed by atoms with van der Waals surface area (Å²) in [4.78, 5) is 25.4. The number of benzene rings is 1. The fourth-order valence-corrected chi connectivity index (χ4v) is 2.33. The number of hydrogen-bond acceptors (Lipinski definition) is 4. The summed E-state index contributed by atoms with van der Waals surface area (Å²) in [6, 6.07) is 6.95. The van der Waals surface area contributed by atoms with E-state index in [1.54, 1.807) is 25.1 Å². The van der Waals surface area contributed by atoms with Crippen molar-refractivity contribution in [1.82, 2.24) is 5.16 Å². The Balaban J connectivity index is 2.04.